The van der Waals surface area contributed by atoms with Crippen LogP contribution in [0.1, 0.15) is 24.9 Å². The molecule has 19 heavy (non-hydrogen) atoms. The summed E-state index contributed by atoms with van der Waals surface area (Å²) in [6.45, 7) is 5.83. The summed E-state index contributed by atoms with van der Waals surface area (Å²) < 4.78 is 0. The van der Waals surface area contributed by atoms with E-state index in [1.54, 1.807) is 6.07 Å². The number of phenols is 1. The van der Waals surface area contributed by atoms with Crippen LogP contribution in [-0.4, -0.2) is 41.1 Å². The fourth-order valence-corrected chi connectivity index (χ4v) is 2.59. The lowest BCUT2D eigenvalue weighted by Crippen LogP contribution is -2.45. The number of piperazine rings is 1. The molecule has 1 aliphatic rings. The van der Waals surface area contributed by atoms with Gasteiger partial charge in [0.25, 0.3) is 0 Å². The Hall–Kier alpha value is -1.66. The zero-order chi connectivity index (χ0) is 13.8. The number of rotatable bonds is 4. The molecule has 104 valence electrons. The van der Waals surface area contributed by atoms with E-state index in [2.05, 4.69) is 17.1 Å². The molecule has 1 aromatic rings. The fourth-order valence-electron chi connectivity index (χ4n) is 2.59. The molecular formula is C13H19N3O3. The van der Waals surface area contributed by atoms with E-state index in [1.807, 2.05) is 0 Å². The van der Waals surface area contributed by atoms with E-state index >= 15 is 0 Å². The minimum Gasteiger partial charge on any atom is -0.502 e. The maximum Gasteiger partial charge on any atom is 0.311 e. The van der Waals surface area contributed by atoms with Gasteiger partial charge in [-0.3, -0.25) is 15.0 Å². The Balaban J connectivity index is 2.27. The van der Waals surface area contributed by atoms with E-state index in [0.717, 1.165) is 38.2 Å². The molecular weight excluding hydrogens is 246 g/mol. The summed E-state index contributed by atoms with van der Waals surface area (Å²) in [5.74, 6) is -0.274. The summed E-state index contributed by atoms with van der Waals surface area (Å²) >= 11 is 0. The Morgan fingerprint density at radius 1 is 1.47 bits per heavy atom. The second-order valence-corrected chi connectivity index (χ2v) is 4.72. The van der Waals surface area contributed by atoms with Gasteiger partial charge in [0.1, 0.15) is 0 Å². The molecule has 2 rings (SSSR count). The van der Waals surface area contributed by atoms with Crippen molar-refractivity contribution in [2.24, 2.45) is 0 Å². The van der Waals surface area contributed by atoms with Crippen LogP contribution in [-0.2, 0) is 0 Å². The zero-order valence-corrected chi connectivity index (χ0v) is 11.0. The third-order valence-electron chi connectivity index (χ3n) is 3.56. The van der Waals surface area contributed by atoms with Gasteiger partial charge in [-0.2, -0.15) is 0 Å². The van der Waals surface area contributed by atoms with Crippen molar-refractivity contribution in [2.75, 3.05) is 26.2 Å². The molecule has 0 unspecified atom stereocenters. The molecule has 0 amide bonds. The molecule has 6 nitrogen and oxygen atoms in total. The molecule has 2 N–H and O–H groups in total. The second-order valence-electron chi connectivity index (χ2n) is 4.72. The van der Waals surface area contributed by atoms with Crippen LogP contribution >= 0.6 is 0 Å². The van der Waals surface area contributed by atoms with Crippen LogP contribution < -0.4 is 5.32 Å². The van der Waals surface area contributed by atoms with Crippen LogP contribution in [0.15, 0.2) is 18.2 Å². The van der Waals surface area contributed by atoms with Gasteiger partial charge < -0.3 is 10.4 Å². The maximum absolute atomic E-state index is 10.9. The Bertz CT molecular complexity index is 458. The molecule has 0 bridgehead atoms. The molecule has 1 atom stereocenters. The number of nitro groups is 1. The van der Waals surface area contributed by atoms with E-state index in [1.165, 1.54) is 12.1 Å². The average molecular weight is 265 g/mol. The Morgan fingerprint density at radius 2 is 2.16 bits per heavy atom. The standard InChI is InChI=1S/C13H19N3O3/c1-2-11(15-7-5-14-6-8-15)10-3-4-13(17)12(9-10)16(18)19/h3-4,9,11,14,17H,2,5-8H2,1H3/t11-/m0/s1. The van der Waals surface area contributed by atoms with Crippen LogP contribution in [0.3, 0.4) is 0 Å². The van der Waals surface area contributed by atoms with Gasteiger partial charge in [-0.1, -0.05) is 13.0 Å². The number of hydrogen-bond donors (Lipinski definition) is 2. The molecule has 1 aliphatic heterocycles. The first-order valence-electron chi connectivity index (χ1n) is 6.55. The monoisotopic (exact) mass is 265 g/mol. The number of nitrogens with one attached hydrogen (secondary N) is 1. The molecule has 0 aliphatic carbocycles. The van der Waals surface area contributed by atoms with Gasteiger partial charge in [0.05, 0.1) is 4.92 Å². The molecule has 0 aromatic heterocycles. The number of hydrogen-bond acceptors (Lipinski definition) is 5. The lowest BCUT2D eigenvalue weighted by molar-refractivity contribution is -0.386. The largest absolute Gasteiger partial charge is 0.502 e. The van der Waals surface area contributed by atoms with Crippen molar-refractivity contribution in [2.45, 2.75) is 19.4 Å². The lowest BCUT2D eigenvalue weighted by Gasteiger charge is -2.34. The minimum atomic E-state index is -0.538. The summed E-state index contributed by atoms with van der Waals surface area (Å²) in [5.41, 5.74) is 0.681. The van der Waals surface area contributed by atoms with E-state index in [4.69, 9.17) is 0 Å². The van der Waals surface area contributed by atoms with E-state index in [-0.39, 0.29) is 17.5 Å². The molecule has 0 radical (unpaired) electrons. The number of aromatic hydroxyl groups is 1. The highest BCUT2D eigenvalue weighted by Crippen LogP contribution is 2.32. The maximum atomic E-state index is 10.9. The molecule has 1 aromatic carbocycles. The summed E-state index contributed by atoms with van der Waals surface area (Å²) in [5, 5.41) is 23.7. The highest BCUT2D eigenvalue weighted by molar-refractivity contribution is 5.48. The lowest BCUT2D eigenvalue weighted by atomic mass is 10.0. The number of phenolic OH excluding ortho intramolecular Hbond substituents is 1. The van der Waals surface area contributed by atoms with Gasteiger partial charge in [-0.15, -0.1) is 0 Å². The van der Waals surface area contributed by atoms with Crippen molar-refractivity contribution in [3.05, 3.63) is 33.9 Å². The third-order valence-corrected chi connectivity index (χ3v) is 3.56. The normalized spacial score (nSPS) is 18.2. The van der Waals surface area contributed by atoms with E-state index < -0.39 is 4.92 Å². The van der Waals surface area contributed by atoms with E-state index in [9.17, 15) is 15.2 Å². The van der Waals surface area contributed by atoms with Gasteiger partial charge in [0, 0.05) is 38.3 Å². The second kappa shape index (κ2) is 5.99. The average Bonchev–Trinajstić information content (AvgIpc) is 2.42. The van der Waals surface area contributed by atoms with Gasteiger partial charge in [-0.25, -0.2) is 0 Å². The van der Waals surface area contributed by atoms with Crippen LogP contribution in [0.25, 0.3) is 0 Å². The topological polar surface area (TPSA) is 78.6 Å². The van der Waals surface area contributed by atoms with Crippen molar-refractivity contribution >= 4 is 5.69 Å². The Kier molecular flexibility index (Phi) is 4.34. The molecule has 1 fully saturated rings. The molecule has 0 spiro atoms. The smallest absolute Gasteiger partial charge is 0.311 e. The van der Waals surface area contributed by atoms with Crippen LogP contribution in [0.4, 0.5) is 5.69 Å². The fraction of sp³-hybridized carbons (Fsp3) is 0.538. The molecule has 0 saturated carbocycles. The Labute approximate surface area is 112 Å². The quantitative estimate of drug-likeness (QED) is 0.639. The first-order chi connectivity index (χ1) is 9.13. The first-order valence-corrected chi connectivity index (χ1v) is 6.55. The predicted octanol–water partition coefficient (Wildman–Crippen LogP) is 1.66. The van der Waals surface area contributed by atoms with Gasteiger partial charge in [0.15, 0.2) is 5.75 Å². The first kappa shape index (κ1) is 13.8. The zero-order valence-electron chi connectivity index (χ0n) is 11.0. The number of nitro benzene ring substituents is 1. The van der Waals surface area contributed by atoms with Crippen LogP contribution in [0.5, 0.6) is 5.75 Å². The molecule has 1 saturated heterocycles. The number of benzene rings is 1. The summed E-state index contributed by atoms with van der Waals surface area (Å²) in [7, 11) is 0. The van der Waals surface area contributed by atoms with E-state index in [0.29, 0.717) is 0 Å². The van der Waals surface area contributed by atoms with Gasteiger partial charge in [-0.05, 0) is 18.1 Å². The highest BCUT2D eigenvalue weighted by atomic mass is 16.6. The van der Waals surface area contributed by atoms with Crippen LogP contribution in [0, 0.1) is 10.1 Å². The van der Waals surface area contributed by atoms with Gasteiger partial charge >= 0.3 is 5.69 Å². The van der Waals surface area contributed by atoms with Crippen molar-refractivity contribution < 1.29 is 10.0 Å². The minimum absolute atomic E-state index is 0.168. The highest BCUT2D eigenvalue weighted by Gasteiger charge is 2.23. The van der Waals surface area contributed by atoms with Crippen molar-refractivity contribution in [1.82, 2.24) is 10.2 Å². The van der Waals surface area contributed by atoms with Crippen molar-refractivity contribution in [3.8, 4) is 5.75 Å². The predicted molar refractivity (Wildman–Crippen MR) is 72.2 cm³/mol. The van der Waals surface area contributed by atoms with Crippen molar-refractivity contribution in [3.63, 3.8) is 0 Å². The summed E-state index contributed by atoms with van der Waals surface area (Å²) in [6, 6.07) is 4.85. The SMILES string of the molecule is CC[C@@H](c1ccc(O)c([N+](=O)[O-])c1)N1CCNCC1. The van der Waals surface area contributed by atoms with Gasteiger partial charge in [0.2, 0.25) is 0 Å². The Morgan fingerprint density at radius 3 is 2.74 bits per heavy atom. The number of nitrogens with zero attached hydrogens (tertiary/aromatic N) is 2. The summed E-state index contributed by atoms with van der Waals surface area (Å²) in [6.07, 6.45) is 0.891. The third kappa shape index (κ3) is 3.02. The summed E-state index contributed by atoms with van der Waals surface area (Å²) in [4.78, 5) is 12.7. The molecule has 6 heteroatoms. The van der Waals surface area contributed by atoms with Crippen molar-refractivity contribution in [1.29, 1.82) is 0 Å². The molecule has 1 heterocycles. The van der Waals surface area contributed by atoms with Crippen LogP contribution in [0.2, 0.25) is 0 Å².